The van der Waals surface area contributed by atoms with Gasteiger partial charge in [-0.3, -0.25) is 4.79 Å². The number of carbonyl (C=O) groups excluding carboxylic acids is 2. The zero-order chi connectivity index (χ0) is 19.3. The molecular weight excluding hydrogens is 322 g/mol. The van der Waals surface area contributed by atoms with E-state index in [0.29, 0.717) is 0 Å². The van der Waals surface area contributed by atoms with Crippen LogP contribution in [0.1, 0.15) is 62.3 Å². The summed E-state index contributed by atoms with van der Waals surface area (Å²) in [6.07, 6.45) is -1.15. The average molecular weight is 358 g/mol. The molecule has 0 spiro atoms. The topological polar surface area (TPSA) is 55.8 Å². The van der Waals surface area contributed by atoms with Crippen molar-refractivity contribution in [2.75, 3.05) is 0 Å². The number of imide groups is 1. The molecule has 0 radical (unpaired) electrons. The number of ether oxygens (including phenoxy) is 1. The fourth-order valence-corrected chi connectivity index (χ4v) is 3.65. The molecule has 0 bridgehead atoms. The van der Waals surface area contributed by atoms with Crippen molar-refractivity contribution >= 4 is 20.3 Å². The van der Waals surface area contributed by atoms with E-state index in [1.165, 1.54) is 4.90 Å². The Hall–Kier alpha value is -0.883. The van der Waals surface area contributed by atoms with Gasteiger partial charge in [0.05, 0.1) is 6.04 Å². The highest BCUT2D eigenvalue weighted by atomic mass is 28.4. The van der Waals surface area contributed by atoms with Gasteiger partial charge in [0.2, 0.25) is 0 Å². The Morgan fingerprint density at radius 3 is 1.79 bits per heavy atom. The second-order valence-electron chi connectivity index (χ2n) is 10.3. The van der Waals surface area contributed by atoms with Crippen LogP contribution in [-0.2, 0) is 14.0 Å². The van der Waals surface area contributed by atoms with Crippen molar-refractivity contribution in [1.29, 1.82) is 0 Å². The largest absolute Gasteiger partial charge is 0.443 e. The van der Waals surface area contributed by atoms with E-state index in [2.05, 4.69) is 33.9 Å². The minimum Gasteiger partial charge on any atom is -0.443 e. The Morgan fingerprint density at radius 1 is 1.00 bits per heavy atom. The number of carbonyl (C=O) groups is 2. The number of rotatable bonds is 2. The van der Waals surface area contributed by atoms with Gasteiger partial charge in [0.1, 0.15) is 11.7 Å². The monoisotopic (exact) mass is 357 g/mol. The van der Waals surface area contributed by atoms with Gasteiger partial charge in [-0.1, -0.05) is 41.5 Å². The van der Waals surface area contributed by atoms with Crippen molar-refractivity contribution in [3.8, 4) is 0 Å². The number of likely N-dealkylation sites (tertiary alicyclic amines) is 1. The lowest BCUT2D eigenvalue weighted by Crippen LogP contribution is -2.73. The molecule has 2 amide bonds. The van der Waals surface area contributed by atoms with Crippen molar-refractivity contribution in [2.45, 2.75) is 98.2 Å². The van der Waals surface area contributed by atoms with Gasteiger partial charge in [-0.2, -0.15) is 0 Å². The fourth-order valence-electron chi connectivity index (χ4n) is 2.43. The van der Waals surface area contributed by atoms with Crippen LogP contribution in [0.3, 0.4) is 0 Å². The van der Waals surface area contributed by atoms with E-state index < -0.39 is 26.1 Å². The molecule has 1 aliphatic rings. The lowest BCUT2D eigenvalue weighted by Gasteiger charge is -2.54. The molecule has 0 aromatic carbocycles. The van der Waals surface area contributed by atoms with Gasteiger partial charge in [0.25, 0.3) is 5.91 Å². The minimum atomic E-state index is -2.11. The van der Waals surface area contributed by atoms with E-state index in [1.807, 2.05) is 20.8 Å². The van der Waals surface area contributed by atoms with E-state index in [1.54, 1.807) is 20.8 Å². The summed E-state index contributed by atoms with van der Waals surface area (Å²) in [7, 11) is -2.11. The predicted octanol–water partition coefficient (Wildman–Crippen LogP) is 4.57. The first-order valence-corrected chi connectivity index (χ1v) is 11.5. The Labute approximate surface area is 148 Å². The highest BCUT2D eigenvalue weighted by Gasteiger charge is 2.59. The smallest absolute Gasteiger partial charge is 0.417 e. The van der Waals surface area contributed by atoms with Crippen molar-refractivity contribution in [3.63, 3.8) is 0 Å². The Bertz CT molecular complexity index is 509. The van der Waals surface area contributed by atoms with Gasteiger partial charge in [-0.15, -0.1) is 0 Å². The van der Waals surface area contributed by atoms with Gasteiger partial charge in [-0.25, -0.2) is 9.69 Å². The molecule has 1 heterocycles. The zero-order valence-electron chi connectivity index (χ0n) is 17.2. The molecule has 140 valence electrons. The van der Waals surface area contributed by atoms with Crippen molar-refractivity contribution < 1.29 is 18.8 Å². The number of hydrogen-bond acceptors (Lipinski definition) is 4. The molecule has 0 aliphatic carbocycles. The summed E-state index contributed by atoms with van der Waals surface area (Å²) in [5.74, 6) is -0.283. The summed E-state index contributed by atoms with van der Waals surface area (Å²) in [4.78, 5) is 26.4. The summed E-state index contributed by atoms with van der Waals surface area (Å²) in [6.45, 7) is 22.1. The molecule has 0 N–H and O–H groups in total. The average Bonchev–Trinajstić information content (AvgIpc) is 2.26. The quantitative estimate of drug-likeness (QED) is 0.536. The number of β-lactam (4-membered cyclic amide) rings is 1. The summed E-state index contributed by atoms with van der Waals surface area (Å²) >= 11 is 0. The van der Waals surface area contributed by atoms with Gasteiger partial charge in [0, 0.05) is 0 Å². The molecular formula is C18H35NO4Si. The number of amides is 2. The molecule has 0 aromatic rings. The molecule has 1 aliphatic heterocycles. The van der Waals surface area contributed by atoms with E-state index in [-0.39, 0.29) is 22.4 Å². The van der Waals surface area contributed by atoms with Crippen molar-refractivity contribution in [3.05, 3.63) is 0 Å². The van der Waals surface area contributed by atoms with E-state index >= 15 is 0 Å². The van der Waals surface area contributed by atoms with Crippen LogP contribution in [0, 0.1) is 5.41 Å². The normalized spacial score (nSPS) is 23.1. The third-order valence-corrected chi connectivity index (χ3v) is 9.21. The van der Waals surface area contributed by atoms with Crippen LogP contribution in [0.4, 0.5) is 4.79 Å². The Morgan fingerprint density at radius 2 is 1.46 bits per heavy atom. The molecule has 1 rings (SSSR count). The molecule has 6 heteroatoms. The maximum Gasteiger partial charge on any atom is 0.417 e. The van der Waals surface area contributed by atoms with Crippen LogP contribution in [0.5, 0.6) is 0 Å². The van der Waals surface area contributed by atoms with E-state index in [9.17, 15) is 9.59 Å². The number of nitrogens with zero attached hydrogens (tertiary/aromatic N) is 1. The first kappa shape index (κ1) is 21.2. The third kappa shape index (κ3) is 4.39. The maximum absolute atomic E-state index is 12.7. The van der Waals surface area contributed by atoms with Crippen molar-refractivity contribution in [2.24, 2.45) is 5.41 Å². The Kier molecular flexibility index (Phi) is 5.40. The second-order valence-corrected chi connectivity index (χ2v) is 15.1. The summed E-state index contributed by atoms with van der Waals surface area (Å²) < 4.78 is 11.7. The van der Waals surface area contributed by atoms with Gasteiger partial charge in [-0.05, 0) is 44.3 Å². The van der Waals surface area contributed by atoms with Crippen molar-refractivity contribution in [1.82, 2.24) is 4.90 Å². The van der Waals surface area contributed by atoms with Gasteiger partial charge >= 0.3 is 6.09 Å². The molecule has 0 saturated carbocycles. The molecule has 24 heavy (non-hydrogen) atoms. The van der Waals surface area contributed by atoms with Crippen LogP contribution in [-0.4, -0.2) is 43.0 Å². The van der Waals surface area contributed by atoms with Crippen LogP contribution in [0.15, 0.2) is 0 Å². The first-order chi connectivity index (χ1) is 10.4. The van der Waals surface area contributed by atoms with E-state index in [4.69, 9.17) is 9.16 Å². The molecule has 1 saturated heterocycles. The zero-order valence-corrected chi connectivity index (χ0v) is 18.2. The third-order valence-electron chi connectivity index (χ3n) is 4.75. The highest BCUT2D eigenvalue weighted by Crippen LogP contribution is 2.43. The molecule has 1 fully saturated rings. The second kappa shape index (κ2) is 6.13. The summed E-state index contributed by atoms with van der Waals surface area (Å²) in [6, 6.07) is -0.311. The molecule has 2 atom stereocenters. The summed E-state index contributed by atoms with van der Waals surface area (Å²) in [5, 5.41) is 0.00204. The van der Waals surface area contributed by atoms with Gasteiger partial charge in [0.15, 0.2) is 8.32 Å². The Balaban J connectivity index is 3.06. The van der Waals surface area contributed by atoms with Crippen LogP contribution in [0.25, 0.3) is 0 Å². The van der Waals surface area contributed by atoms with Crippen LogP contribution < -0.4 is 0 Å². The van der Waals surface area contributed by atoms with Crippen LogP contribution >= 0.6 is 0 Å². The maximum atomic E-state index is 12.7. The predicted molar refractivity (Wildman–Crippen MR) is 98.4 cm³/mol. The van der Waals surface area contributed by atoms with Crippen LogP contribution in [0.2, 0.25) is 18.1 Å². The minimum absolute atomic E-state index is 0.00204. The fraction of sp³-hybridized carbons (Fsp3) is 0.889. The molecule has 0 aromatic heterocycles. The van der Waals surface area contributed by atoms with E-state index in [0.717, 1.165) is 0 Å². The lowest BCUT2D eigenvalue weighted by atomic mass is 9.77. The lowest BCUT2D eigenvalue weighted by molar-refractivity contribution is -0.170. The highest BCUT2D eigenvalue weighted by molar-refractivity contribution is 6.74. The van der Waals surface area contributed by atoms with Gasteiger partial charge < -0.3 is 9.16 Å². The number of hydrogen-bond donors (Lipinski definition) is 0. The first-order valence-electron chi connectivity index (χ1n) is 8.62. The standard InChI is InChI=1S/C18H35NO4Si/c1-16(2,3)13-12(23-24(10,11)18(7,8)9)14(20)19(13)15(21)22-17(4,5)6/h12-13H,1-11H3/t12-,13-/m0/s1. The SMILES string of the molecule is CC(C)(C)OC(=O)N1C(=O)[C@@H](O[Si](C)(C)C(C)(C)C)[C@H]1C(C)(C)C. The summed E-state index contributed by atoms with van der Waals surface area (Å²) in [5.41, 5.74) is -0.914. The molecule has 5 nitrogen and oxygen atoms in total. The molecule has 0 unspecified atom stereocenters.